The van der Waals surface area contributed by atoms with Crippen molar-refractivity contribution in [2.24, 2.45) is 0 Å². The van der Waals surface area contributed by atoms with Gasteiger partial charge in [-0.3, -0.25) is 19.8 Å². The fourth-order valence-corrected chi connectivity index (χ4v) is 5.47. The van der Waals surface area contributed by atoms with Gasteiger partial charge in [0.25, 0.3) is 5.69 Å². The lowest BCUT2D eigenvalue weighted by Crippen LogP contribution is -2.49. The molecular formula is C23H31N5O5S. The molecule has 0 aromatic heterocycles. The van der Waals surface area contributed by atoms with Crippen LogP contribution in [0.15, 0.2) is 53.4 Å². The summed E-state index contributed by atoms with van der Waals surface area (Å²) in [5, 5.41) is 14.7. The van der Waals surface area contributed by atoms with E-state index in [-0.39, 0.29) is 36.1 Å². The smallest absolute Gasteiger partial charge is 0.293 e. The molecule has 0 saturated carbocycles. The number of rotatable bonds is 10. The number of carbonyl (C=O) groups is 1. The first-order valence-corrected chi connectivity index (χ1v) is 12.8. The van der Waals surface area contributed by atoms with Crippen LogP contribution < -0.4 is 10.2 Å². The van der Waals surface area contributed by atoms with Gasteiger partial charge in [-0.15, -0.1) is 0 Å². The second kappa shape index (κ2) is 11.4. The number of amides is 1. The Balaban J connectivity index is 1.63. The second-order valence-electron chi connectivity index (χ2n) is 8.02. The number of hydrogen-bond donors (Lipinski definition) is 1. The highest BCUT2D eigenvalue weighted by atomic mass is 32.2. The minimum absolute atomic E-state index is 0.0748. The molecule has 1 heterocycles. The first-order valence-electron chi connectivity index (χ1n) is 11.3. The van der Waals surface area contributed by atoms with Gasteiger partial charge in [0.2, 0.25) is 15.9 Å². The Morgan fingerprint density at radius 1 is 1.06 bits per heavy atom. The highest BCUT2D eigenvalue weighted by Gasteiger charge is 2.29. The third-order valence-corrected chi connectivity index (χ3v) is 7.95. The van der Waals surface area contributed by atoms with Gasteiger partial charge in [-0.25, -0.2) is 8.42 Å². The molecule has 1 aliphatic heterocycles. The van der Waals surface area contributed by atoms with Crippen molar-refractivity contribution in [1.29, 1.82) is 0 Å². The molecule has 0 spiro atoms. The largest absolute Gasteiger partial charge is 0.363 e. The van der Waals surface area contributed by atoms with Crippen molar-refractivity contribution in [2.75, 3.05) is 50.7 Å². The maximum atomic E-state index is 12.8. The van der Waals surface area contributed by atoms with E-state index >= 15 is 0 Å². The number of nitro groups is 1. The van der Waals surface area contributed by atoms with Crippen LogP contribution >= 0.6 is 0 Å². The van der Waals surface area contributed by atoms with Crippen molar-refractivity contribution in [3.8, 4) is 0 Å². The lowest BCUT2D eigenvalue weighted by atomic mass is 10.2. The van der Waals surface area contributed by atoms with Crippen molar-refractivity contribution in [2.45, 2.75) is 25.3 Å². The van der Waals surface area contributed by atoms with Crippen LogP contribution in [0.2, 0.25) is 0 Å². The van der Waals surface area contributed by atoms with Gasteiger partial charge < -0.3 is 10.2 Å². The molecule has 34 heavy (non-hydrogen) atoms. The molecule has 11 heteroatoms. The third-order valence-electron chi connectivity index (χ3n) is 5.90. The van der Waals surface area contributed by atoms with Crippen LogP contribution in [0, 0.1) is 10.1 Å². The van der Waals surface area contributed by atoms with Gasteiger partial charge in [-0.2, -0.15) is 4.31 Å². The van der Waals surface area contributed by atoms with E-state index in [9.17, 15) is 23.3 Å². The van der Waals surface area contributed by atoms with Crippen LogP contribution in [0.3, 0.4) is 0 Å². The van der Waals surface area contributed by atoms with Gasteiger partial charge in [0.05, 0.1) is 16.4 Å². The number of hydrogen-bond acceptors (Lipinski definition) is 7. The van der Waals surface area contributed by atoms with Crippen LogP contribution in [0.4, 0.5) is 11.4 Å². The van der Waals surface area contributed by atoms with Crippen molar-refractivity contribution in [1.82, 2.24) is 14.5 Å². The summed E-state index contributed by atoms with van der Waals surface area (Å²) in [6.45, 7) is 6.87. The Labute approximate surface area is 200 Å². The van der Waals surface area contributed by atoms with Gasteiger partial charge in [-0.05, 0) is 17.7 Å². The van der Waals surface area contributed by atoms with Gasteiger partial charge >= 0.3 is 0 Å². The summed E-state index contributed by atoms with van der Waals surface area (Å²) < 4.78 is 26.9. The summed E-state index contributed by atoms with van der Waals surface area (Å²) in [6.07, 6.45) is 0. The number of carbonyl (C=O) groups excluding carboxylic acids is 1. The van der Waals surface area contributed by atoms with Crippen LogP contribution in [0.5, 0.6) is 0 Å². The second-order valence-corrected chi connectivity index (χ2v) is 9.96. The predicted octanol–water partition coefficient (Wildman–Crippen LogP) is 2.06. The Hall–Kier alpha value is -3.02. The number of sulfonamides is 1. The molecule has 1 aliphatic rings. The fraction of sp³-hybridized carbons (Fsp3) is 0.435. The molecule has 1 N–H and O–H groups in total. The molecule has 0 bridgehead atoms. The van der Waals surface area contributed by atoms with Gasteiger partial charge in [0.1, 0.15) is 5.69 Å². The van der Waals surface area contributed by atoms with Crippen LogP contribution in [0.25, 0.3) is 0 Å². The Bertz CT molecular complexity index is 1100. The van der Waals surface area contributed by atoms with Crippen molar-refractivity contribution in [3.63, 3.8) is 0 Å². The molecule has 1 saturated heterocycles. The maximum Gasteiger partial charge on any atom is 0.293 e. The number of benzene rings is 2. The van der Waals surface area contributed by atoms with E-state index in [0.717, 1.165) is 11.6 Å². The highest BCUT2D eigenvalue weighted by Crippen LogP contribution is 2.32. The minimum Gasteiger partial charge on any atom is -0.363 e. The minimum atomic E-state index is -3.79. The molecule has 1 fully saturated rings. The average molecular weight is 490 g/mol. The molecular weight excluding hydrogens is 458 g/mol. The van der Waals surface area contributed by atoms with Crippen LogP contribution in [-0.2, 0) is 21.4 Å². The number of nitrogens with one attached hydrogen (secondary N) is 1. The van der Waals surface area contributed by atoms with Crippen LogP contribution in [0.1, 0.15) is 19.4 Å². The monoisotopic (exact) mass is 489 g/mol. The number of piperazine rings is 1. The average Bonchev–Trinajstić information content (AvgIpc) is 2.84. The van der Waals surface area contributed by atoms with E-state index in [4.69, 9.17) is 0 Å². The summed E-state index contributed by atoms with van der Waals surface area (Å²) in [6, 6.07) is 13.8. The molecule has 3 rings (SSSR count). The normalized spacial score (nSPS) is 14.9. The zero-order valence-electron chi connectivity index (χ0n) is 19.5. The molecule has 0 atom stereocenters. The molecule has 2 aromatic carbocycles. The number of anilines is 1. The van der Waals surface area contributed by atoms with Gasteiger partial charge in [0.15, 0.2) is 0 Å². The topological polar surface area (TPSA) is 116 Å². The molecule has 0 aliphatic carbocycles. The predicted molar refractivity (Wildman–Crippen MR) is 130 cm³/mol. The van der Waals surface area contributed by atoms with E-state index in [2.05, 4.69) is 5.32 Å². The Morgan fingerprint density at radius 2 is 1.71 bits per heavy atom. The molecule has 2 aromatic rings. The summed E-state index contributed by atoms with van der Waals surface area (Å²) in [5.41, 5.74) is 1.18. The first-order chi connectivity index (χ1) is 16.3. The number of nitro benzene ring substituents is 1. The van der Waals surface area contributed by atoms with E-state index in [0.29, 0.717) is 38.4 Å². The quantitative estimate of drug-likeness (QED) is 0.401. The Kier molecular flexibility index (Phi) is 8.59. The van der Waals surface area contributed by atoms with Crippen molar-refractivity contribution < 1.29 is 18.1 Å². The summed E-state index contributed by atoms with van der Waals surface area (Å²) in [7, 11) is -3.79. The molecule has 1 amide bonds. The highest BCUT2D eigenvalue weighted by molar-refractivity contribution is 7.89. The van der Waals surface area contributed by atoms with Gasteiger partial charge in [0, 0.05) is 51.9 Å². The standard InChI is InChI=1S/C23H31N5O5S/c1-3-27(4-2)34(32,33)20-10-11-21(22(16-20)28(30)31)26-14-12-25(13-15-26)18-23(29)24-17-19-8-6-5-7-9-19/h5-11,16H,3-4,12-15,17-18H2,1-2H3,(H,24,29). The lowest BCUT2D eigenvalue weighted by molar-refractivity contribution is -0.384. The fourth-order valence-electron chi connectivity index (χ4n) is 3.99. The van der Waals surface area contributed by atoms with E-state index < -0.39 is 14.9 Å². The molecule has 184 valence electrons. The molecule has 10 nitrogen and oxygen atoms in total. The van der Waals surface area contributed by atoms with Crippen LogP contribution in [-0.4, -0.2) is 74.3 Å². The van der Waals surface area contributed by atoms with Crippen molar-refractivity contribution in [3.05, 3.63) is 64.2 Å². The Morgan fingerprint density at radius 3 is 2.29 bits per heavy atom. The molecule has 0 radical (unpaired) electrons. The number of nitrogens with zero attached hydrogens (tertiary/aromatic N) is 4. The SMILES string of the molecule is CCN(CC)S(=O)(=O)c1ccc(N2CCN(CC(=O)NCc3ccccc3)CC2)c([N+](=O)[O-])c1. The van der Waals surface area contributed by atoms with Gasteiger partial charge in [-0.1, -0.05) is 44.2 Å². The van der Waals surface area contributed by atoms with E-state index in [1.54, 1.807) is 13.8 Å². The summed E-state index contributed by atoms with van der Waals surface area (Å²) in [4.78, 5) is 27.3. The lowest BCUT2D eigenvalue weighted by Gasteiger charge is -2.35. The summed E-state index contributed by atoms with van der Waals surface area (Å²) in [5.74, 6) is -0.0748. The maximum absolute atomic E-state index is 12.8. The first kappa shape index (κ1) is 25.6. The van der Waals surface area contributed by atoms with E-state index in [1.165, 1.54) is 16.4 Å². The zero-order chi connectivity index (χ0) is 24.7. The van der Waals surface area contributed by atoms with E-state index in [1.807, 2.05) is 40.1 Å². The zero-order valence-corrected chi connectivity index (χ0v) is 20.3. The van der Waals surface area contributed by atoms with Crippen molar-refractivity contribution >= 4 is 27.3 Å². The molecule has 0 unspecified atom stereocenters. The third kappa shape index (κ3) is 6.10. The summed E-state index contributed by atoms with van der Waals surface area (Å²) >= 11 is 0.